The van der Waals surface area contributed by atoms with E-state index < -0.39 is 30.0 Å². The van der Waals surface area contributed by atoms with Crippen LogP contribution in [0.2, 0.25) is 0 Å². The molecule has 1 atom stereocenters. The molecule has 0 fully saturated rings. The molecular weight excluding hydrogens is 423 g/mol. The van der Waals surface area contributed by atoms with Gasteiger partial charge < -0.3 is 5.32 Å². The van der Waals surface area contributed by atoms with Gasteiger partial charge in [0.25, 0.3) is 5.84 Å². The summed E-state index contributed by atoms with van der Waals surface area (Å²) in [5, 5.41) is 11.2. The van der Waals surface area contributed by atoms with E-state index in [9.17, 15) is 22.8 Å². The monoisotopic (exact) mass is 437 g/mol. The fourth-order valence-corrected chi connectivity index (χ4v) is 3.77. The summed E-state index contributed by atoms with van der Waals surface area (Å²) in [7, 11) is 0. The van der Waals surface area contributed by atoms with Gasteiger partial charge in [0, 0.05) is 16.6 Å². The molecule has 2 amide bonds. The quantitative estimate of drug-likeness (QED) is 0.554. The highest BCUT2D eigenvalue weighted by Gasteiger charge is 2.40. The van der Waals surface area contributed by atoms with Gasteiger partial charge in [0.05, 0.1) is 11.4 Å². The van der Waals surface area contributed by atoms with Crippen molar-refractivity contribution in [2.24, 2.45) is 15.2 Å². The fourth-order valence-electron chi connectivity index (χ4n) is 3.77. The van der Waals surface area contributed by atoms with Crippen LogP contribution in [-0.4, -0.2) is 23.8 Å². The van der Waals surface area contributed by atoms with Crippen molar-refractivity contribution in [1.29, 1.82) is 0 Å². The molecule has 1 N–H and O–H groups in total. The van der Waals surface area contributed by atoms with E-state index in [-0.39, 0.29) is 6.42 Å². The summed E-state index contributed by atoms with van der Waals surface area (Å²) in [6.45, 7) is 0. The summed E-state index contributed by atoms with van der Waals surface area (Å²) < 4.78 is 38.6. The molecule has 7 nitrogen and oxygen atoms in total. The SMILES string of the molecule is O=C1CC(=O)N(c2cccc(C3N=NC(C(F)(F)F)=N3)c2)c2ccc3ccccc3c2N1. The van der Waals surface area contributed by atoms with Crippen molar-refractivity contribution in [1.82, 2.24) is 0 Å². The molecule has 10 heteroatoms. The van der Waals surface area contributed by atoms with E-state index >= 15 is 0 Å². The normalized spacial score (nSPS) is 18.4. The number of hydrogen-bond donors (Lipinski definition) is 1. The Hall–Kier alpha value is -4.08. The number of hydrogen-bond acceptors (Lipinski definition) is 5. The number of rotatable bonds is 2. The minimum atomic E-state index is -4.69. The van der Waals surface area contributed by atoms with E-state index in [1.165, 1.54) is 11.0 Å². The van der Waals surface area contributed by atoms with E-state index in [1.54, 1.807) is 24.3 Å². The molecule has 0 spiro atoms. The summed E-state index contributed by atoms with van der Waals surface area (Å²) in [5.74, 6) is -2.22. The van der Waals surface area contributed by atoms with Crippen molar-refractivity contribution in [3.63, 3.8) is 0 Å². The minimum absolute atomic E-state index is 0.337. The summed E-state index contributed by atoms with van der Waals surface area (Å²) in [4.78, 5) is 30.3. The van der Waals surface area contributed by atoms with Gasteiger partial charge in [-0.3, -0.25) is 14.5 Å². The number of halogens is 3. The maximum absolute atomic E-state index is 13.0. The van der Waals surface area contributed by atoms with Crippen molar-refractivity contribution in [3.8, 4) is 0 Å². The van der Waals surface area contributed by atoms with Gasteiger partial charge in [0.1, 0.15) is 6.42 Å². The summed E-state index contributed by atoms with van der Waals surface area (Å²) in [6.07, 6.45) is -6.24. The Kier molecular flexibility index (Phi) is 4.50. The Labute approximate surface area is 179 Å². The van der Waals surface area contributed by atoms with E-state index in [1.807, 2.05) is 30.3 Å². The maximum atomic E-state index is 13.0. The van der Waals surface area contributed by atoms with Crippen LogP contribution in [0.15, 0.2) is 75.9 Å². The van der Waals surface area contributed by atoms with E-state index in [0.29, 0.717) is 22.6 Å². The number of nitrogens with one attached hydrogen (secondary N) is 1. The first-order valence-electron chi connectivity index (χ1n) is 9.61. The average Bonchev–Trinajstić information content (AvgIpc) is 3.22. The van der Waals surface area contributed by atoms with Crippen LogP contribution in [0, 0.1) is 0 Å². The molecule has 0 aliphatic carbocycles. The molecule has 2 aliphatic heterocycles. The van der Waals surface area contributed by atoms with Gasteiger partial charge in [0.15, 0.2) is 6.17 Å². The number of azo groups is 1. The standard InChI is InChI=1S/C22H14F3N5O2/c23-22(24,25)21-27-20(28-29-21)13-5-3-6-14(10-13)30-16-9-8-12-4-1-2-7-15(12)19(16)26-17(31)11-18(30)32/h1-10,20H,11H2,(H,26,31). The Morgan fingerprint density at radius 2 is 1.81 bits per heavy atom. The van der Waals surface area contributed by atoms with Gasteiger partial charge in [-0.1, -0.05) is 42.5 Å². The van der Waals surface area contributed by atoms with E-state index in [0.717, 1.165) is 10.8 Å². The molecule has 0 saturated carbocycles. The summed E-state index contributed by atoms with van der Waals surface area (Å²) in [5.41, 5.74) is 1.67. The lowest BCUT2D eigenvalue weighted by molar-refractivity contribution is -0.124. The lowest BCUT2D eigenvalue weighted by atomic mass is 10.1. The van der Waals surface area contributed by atoms with Crippen LogP contribution in [-0.2, 0) is 9.59 Å². The highest BCUT2D eigenvalue weighted by atomic mass is 19.4. The van der Waals surface area contributed by atoms with Crippen LogP contribution < -0.4 is 10.2 Å². The number of anilines is 3. The number of nitrogens with zero attached hydrogens (tertiary/aromatic N) is 4. The first-order valence-corrected chi connectivity index (χ1v) is 9.61. The smallest absolute Gasteiger partial charge is 0.323 e. The van der Waals surface area contributed by atoms with Crippen LogP contribution >= 0.6 is 0 Å². The van der Waals surface area contributed by atoms with Crippen molar-refractivity contribution in [3.05, 3.63) is 66.2 Å². The number of fused-ring (bicyclic) bond motifs is 3. The zero-order valence-corrected chi connectivity index (χ0v) is 16.3. The van der Waals surface area contributed by atoms with Crippen LogP contribution in [0.1, 0.15) is 18.2 Å². The largest absolute Gasteiger partial charge is 0.453 e. The molecule has 0 bridgehead atoms. The Balaban J connectivity index is 1.61. The van der Waals surface area contributed by atoms with Crippen LogP contribution in [0.4, 0.5) is 30.2 Å². The first-order chi connectivity index (χ1) is 15.3. The molecule has 2 aliphatic rings. The maximum Gasteiger partial charge on any atom is 0.453 e. The second-order valence-electron chi connectivity index (χ2n) is 7.27. The lowest BCUT2D eigenvalue weighted by Crippen LogP contribution is -2.26. The molecule has 5 rings (SSSR count). The summed E-state index contributed by atoms with van der Waals surface area (Å²) in [6, 6.07) is 17.3. The number of amidine groups is 1. The number of amides is 2. The lowest BCUT2D eigenvalue weighted by Gasteiger charge is -2.24. The number of carbonyl (C=O) groups excluding carboxylic acids is 2. The third-order valence-corrected chi connectivity index (χ3v) is 5.16. The number of alkyl halides is 3. The minimum Gasteiger partial charge on any atom is -0.323 e. The third kappa shape index (κ3) is 3.39. The first kappa shape index (κ1) is 19.9. The zero-order chi connectivity index (χ0) is 22.5. The number of benzene rings is 3. The fraction of sp³-hybridized carbons (Fsp3) is 0.136. The Morgan fingerprint density at radius 1 is 1.00 bits per heavy atom. The van der Waals surface area contributed by atoms with Crippen LogP contribution in [0.25, 0.3) is 10.8 Å². The van der Waals surface area contributed by atoms with Crippen molar-refractivity contribution >= 4 is 45.5 Å². The highest BCUT2D eigenvalue weighted by molar-refractivity contribution is 6.21. The number of aliphatic imine (C=N–C) groups is 1. The van der Waals surface area contributed by atoms with Crippen molar-refractivity contribution in [2.45, 2.75) is 18.8 Å². The number of carbonyl (C=O) groups is 2. The molecule has 0 aromatic heterocycles. The Morgan fingerprint density at radius 3 is 2.59 bits per heavy atom. The molecular formula is C22H14F3N5O2. The van der Waals surface area contributed by atoms with Crippen molar-refractivity contribution < 1.29 is 22.8 Å². The average molecular weight is 437 g/mol. The van der Waals surface area contributed by atoms with Crippen LogP contribution in [0.3, 0.4) is 0 Å². The van der Waals surface area contributed by atoms with E-state index in [4.69, 9.17) is 0 Å². The molecule has 2 heterocycles. The molecule has 0 saturated heterocycles. The van der Waals surface area contributed by atoms with Crippen LogP contribution in [0.5, 0.6) is 0 Å². The van der Waals surface area contributed by atoms with Gasteiger partial charge in [-0.05, 0) is 23.6 Å². The topological polar surface area (TPSA) is 86.5 Å². The second-order valence-corrected chi connectivity index (χ2v) is 7.27. The zero-order valence-electron chi connectivity index (χ0n) is 16.3. The molecule has 1 unspecified atom stereocenters. The van der Waals surface area contributed by atoms with Gasteiger partial charge in [-0.2, -0.15) is 18.3 Å². The third-order valence-electron chi connectivity index (χ3n) is 5.16. The van der Waals surface area contributed by atoms with Gasteiger partial charge in [-0.25, -0.2) is 4.99 Å². The van der Waals surface area contributed by atoms with Crippen molar-refractivity contribution in [2.75, 3.05) is 10.2 Å². The highest BCUT2D eigenvalue weighted by Crippen LogP contribution is 2.41. The molecule has 32 heavy (non-hydrogen) atoms. The van der Waals surface area contributed by atoms with Gasteiger partial charge >= 0.3 is 6.18 Å². The summed E-state index contributed by atoms with van der Waals surface area (Å²) >= 11 is 0. The molecule has 3 aromatic rings. The molecule has 160 valence electrons. The molecule has 0 radical (unpaired) electrons. The van der Waals surface area contributed by atoms with Gasteiger partial charge in [0.2, 0.25) is 11.8 Å². The van der Waals surface area contributed by atoms with Gasteiger partial charge in [-0.15, -0.1) is 5.11 Å². The second kappa shape index (κ2) is 7.26. The van der Waals surface area contributed by atoms with E-state index in [2.05, 4.69) is 20.5 Å². The Bertz CT molecular complexity index is 1330. The predicted octanol–water partition coefficient (Wildman–Crippen LogP) is 5.27. The predicted molar refractivity (Wildman–Crippen MR) is 112 cm³/mol. The molecule has 3 aromatic carbocycles.